The molecule has 1 amide bonds. The summed E-state index contributed by atoms with van der Waals surface area (Å²) in [5.41, 5.74) is 0. The molecule has 0 aromatic carbocycles. The minimum Gasteiger partial charge on any atom is -0.466 e. The average molecular weight is 1150 g/mol. The van der Waals surface area contributed by atoms with Gasteiger partial charge in [0.25, 0.3) is 0 Å². The van der Waals surface area contributed by atoms with Crippen LogP contribution in [0, 0.1) is 0 Å². The van der Waals surface area contributed by atoms with Crippen LogP contribution >= 0.6 is 0 Å². The van der Waals surface area contributed by atoms with E-state index < -0.39 is 12.1 Å². The van der Waals surface area contributed by atoms with Crippen molar-refractivity contribution in [3.63, 3.8) is 0 Å². The fourth-order valence-corrected chi connectivity index (χ4v) is 11.4. The van der Waals surface area contributed by atoms with Gasteiger partial charge in [0.1, 0.15) is 0 Å². The maximum atomic E-state index is 12.5. The van der Waals surface area contributed by atoms with Crippen molar-refractivity contribution in [3.8, 4) is 0 Å². The van der Waals surface area contributed by atoms with Crippen LogP contribution in [0.2, 0.25) is 0 Å². The molecule has 0 bridgehead atoms. The Balaban J connectivity index is 3.44. The lowest BCUT2D eigenvalue weighted by Crippen LogP contribution is -2.45. The van der Waals surface area contributed by atoms with E-state index in [0.717, 1.165) is 51.4 Å². The molecule has 82 heavy (non-hydrogen) atoms. The number of hydrogen-bond donors (Lipinski definition) is 3. The molecular formula is C76H143NO5. The second-order valence-corrected chi connectivity index (χ2v) is 25.3. The van der Waals surface area contributed by atoms with Gasteiger partial charge in [-0.25, -0.2) is 0 Å². The van der Waals surface area contributed by atoms with Gasteiger partial charge in [0.2, 0.25) is 5.91 Å². The Hall–Kier alpha value is -2.18. The first-order valence-electron chi connectivity index (χ1n) is 36.9. The summed E-state index contributed by atoms with van der Waals surface area (Å²) in [4.78, 5) is 24.6. The van der Waals surface area contributed by atoms with Crippen molar-refractivity contribution < 1.29 is 24.5 Å². The number of allylic oxidation sites excluding steroid dienone is 7. The largest absolute Gasteiger partial charge is 0.466 e. The molecule has 6 nitrogen and oxygen atoms in total. The SMILES string of the molecule is CCCCCCCCC/C=C\CCCCCCCC(=O)OCCCCCCCCCCC/C=C\C/C=C\CCCCCCCCCCCCCC(=O)NC(CO)C(O)/C=C/CCCCCCCCCCCCCCCCCCCCCC. The number of rotatable bonds is 69. The molecule has 0 aromatic rings. The molecule has 3 N–H and O–H groups in total. The zero-order chi connectivity index (χ0) is 59.2. The van der Waals surface area contributed by atoms with E-state index in [4.69, 9.17) is 4.74 Å². The van der Waals surface area contributed by atoms with Crippen molar-refractivity contribution >= 4 is 11.9 Å². The molecule has 0 aliphatic heterocycles. The van der Waals surface area contributed by atoms with Crippen LogP contribution in [0.3, 0.4) is 0 Å². The molecule has 0 heterocycles. The third kappa shape index (κ3) is 67.0. The van der Waals surface area contributed by atoms with Gasteiger partial charge in [0.05, 0.1) is 25.4 Å². The fourth-order valence-electron chi connectivity index (χ4n) is 11.4. The summed E-state index contributed by atoms with van der Waals surface area (Å²) in [5, 5.41) is 23.3. The minimum atomic E-state index is -0.849. The molecule has 0 aliphatic rings. The summed E-state index contributed by atoms with van der Waals surface area (Å²) < 4.78 is 5.49. The maximum absolute atomic E-state index is 12.5. The number of carbonyl (C=O) groups is 2. The van der Waals surface area contributed by atoms with E-state index in [0.29, 0.717) is 19.4 Å². The van der Waals surface area contributed by atoms with Crippen LogP contribution in [-0.4, -0.2) is 47.4 Å². The monoisotopic (exact) mass is 1150 g/mol. The van der Waals surface area contributed by atoms with Crippen LogP contribution in [0.4, 0.5) is 0 Å². The van der Waals surface area contributed by atoms with Gasteiger partial charge >= 0.3 is 5.97 Å². The quantitative estimate of drug-likeness (QED) is 0.0320. The topological polar surface area (TPSA) is 95.9 Å². The van der Waals surface area contributed by atoms with E-state index in [-0.39, 0.29) is 18.5 Å². The Kier molecular flexibility index (Phi) is 69.4. The number of unbranched alkanes of at least 4 members (excludes halogenated alkanes) is 52. The third-order valence-electron chi connectivity index (χ3n) is 17.1. The van der Waals surface area contributed by atoms with E-state index in [9.17, 15) is 19.8 Å². The molecule has 2 unspecified atom stereocenters. The zero-order valence-corrected chi connectivity index (χ0v) is 55.2. The van der Waals surface area contributed by atoms with E-state index >= 15 is 0 Å². The van der Waals surface area contributed by atoms with Crippen LogP contribution < -0.4 is 5.32 Å². The van der Waals surface area contributed by atoms with Crippen LogP contribution in [0.5, 0.6) is 0 Å². The van der Waals surface area contributed by atoms with Crippen molar-refractivity contribution in [3.05, 3.63) is 48.6 Å². The van der Waals surface area contributed by atoms with Gasteiger partial charge in [0.15, 0.2) is 0 Å². The van der Waals surface area contributed by atoms with Gasteiger partial charge in [-0.05, 0) is 89.9 Å². The summed E-state index contributed by atoms with van der Waals surface area (Å²) in [6.45, 7) is 4.93. The van der Waals surface area contributed by atoms with E-state index in [1.807, 2.05) is 6.08 Å². The minimum absolute atomic E-state index is 0.00322. The number of hydrogen-bond acceptors (Lipinski definition) is 5. The van der Waals surface area contributed by atoms with E-state index in [1.54, 1.807) is 6.08 Å². The second kappa shape index (κ2) is 71.3. The number of amides is 1. The lowest BCUT2D eigenvalue weighted by atomic mass is 10.0. The molecule has 0 aliphatic carbocycles. The average Bonchev–Trinajstić information content (AvgIpc) is 3.48. The van der Waals surface area contributed by atoms with Gasteiger partial charge < -0.3 is 20.3 Å². The van der Waals surface area contributed by atoms with Crippen LogP contribution in [0.1, 0.15) is 399 Å². The van der Waals surface area contributed by atoms with Crippen LogP contribution in [0.25, 0.3) is 0 Å². The maximum Gasteiger partial charge on any atom is 0.305 e. The van der Waals surface area contributed by atoms with Crippen molar-refractivity contribution in [2.45, 2.75) is 411 Å². The Morgan fingerprint density at radius 1 is 0.341 bits per heavy atom. The number of nitrogens with one attached hydrogen (secondary N) is 1. The van der Waals surface area contributed by atoms with Gasteiger partial charge in [-0.1, -0.05) is 345 Å². The lowest BCUT2D eigenvalue weighted by Gasteiger charge is -2.20. The number of aliphatic hydroxyl groups is 2. The molecule has 0 rings (SSSR count). The highest BCUT2D eigenvalue weighted by Crippen LogP contribution is 2.18. The normalized spacial score (nSPS) is 12.8. The number of ether oxygens (including phenoxy) is 1. The Morgan fingerprint density at radius 2 is 0.610 bits per heavy atom. The van der Waals surface area contributed by atoms with Crippen molar-refractivity contribution in [2.24, 2.45) is 0 Å². The fraction of sp³-hybridized carbons (Fsp3) is 0.868. The molecule has 482 valence electrons. The van der Waals surface area contributed by atoms with Crippen LogP contribution in [-0.2, 0) is 14.3 Å². The summed E-state index contributed by atoms with van der Waals surface area (Å²) in [5.74, 6) is -0.0645. The first-order chi connectivity index (χ1) is 40.5. The van der Waals surface area contributed by atoms with Crippen molar-refractivity contribution in [1.82, 2.24) is 5.32 Å². The highest BCUT2D eigenvalue weighted by molar-refractivity contribution is 5.76. The third-order valence-corrected chi connectivity index (χ3v) is 17.1. The molecule has 2 atom stereocenters. The van der Waals surface area contributed by atoms with Crippen LogP contribution in [0.15, 0.2) is 48.6 Å². The Bertz CT molecular complexity index is 1370. The predicted molar refractivity (Wildman–Crippen MR) is 361 cm³/mol. The molecule has 0 saturated heterocycles. The van der Waals surface area contributed by atoms with E-state index in [2.05, 4.69) is 55.6 Å². The van der Waals surface area contributed by atoms with Crippen molar-refractivity contribution in [1.29, 1.82) is 0 Å². The summed E-state index contributed by atoms with van der Waals surface area (Å²) >= 11 is 0. The number of carbonyl (C=O) groups excluding carboxylic acids is 2. The Labute approximate surface area is 512 Å². The molecule has 6 heteroatoms. The highest BCUT2D eigenvalue weighted by atomic mass is 16.5. The standard InChI is InChI=1S/C76H143NO5/c1-3-5-7-9-11-13-15-17-19-21-22-23-31-34-37-40-44-48-52-56-60-64-68-74(79)73(72-78)77-75(80)69-65-61-57-53-49-45-41-38-35-32-29-27-25-24-26-28-30-33-36-39-43-47-51-55-59-63-67-71-82-76(81)70-66-62-58-54-50-46-42-20-18-16-14-12-10-8-6-4-2/h20,24-25,28,30,42,64,68,73-74,78-79H,3-19,21-23,26-27,29,31-41,43-63,65-67,69-72H2,1-2H3,(H,77,80)/b25-24-,30-28-,42-20-,68-64+. The van der Waals surface area contributed by atoms with E-state index in [1.165, 1.54) is 321 Å². The predicted octanol–water partition coefficient (Wildman–Crippen LogP) is 24.0. The van der Waals surface area contributed by atoms with Gasteiger partial charge in [0, 0.05) is 12.8 Å². The van der Waals surface area contributed by atoms with Gasteiger partial charge in [-0.15, -0.1) is 0 Å². The highest BCUT2D eigenvalue weighted by Gasteiger charge is 2.18. The first kappa shape index (κ1) is 79.8. The van der Waals surface area contributed by atoms with Gasteiger partial charge in [-0.3, -0.25) is 9.59 Å². The molecule has 0 radical (unpaired) electrons. The molecule has 0 aromatic heterocycles. The summed E-state index contributed by atoms with van der Waals surface area (Å²) in [6, 6.07) is -0.632. The van der Waals surface area contributed by atoms with Crippen molar-refractivity contribution in [2.75, 3.05) is 13.2 Å². The molecular weight excluding hydrogens is 1010 g/mol. The van der Waals surface area contributed by atoms with Gasteiger partial charge in [-0.2, -0.15) is 0 Å². The summed E-state index contributed by atoms with van der Waals surface area (Å²) in [7, 11) is 0. The zero-order valence-electron chi connectivity index (χ0n) is 55.2. The Morgan fingerprint density at radius 3 is 0.939 bits per heavy atom. The smallest absolute Gasteiger partial charge is 0.305 e. The first-order valence-corrected chi connectivity index (χ1v) is 36.9. The lowest BCUT2D eigenvalue weighted by molar-refractivity contribution is -0.143. The molecule has 0 saturated carbocycles. The molecule has 0 spiro atoms. The summed E-state index contributed by atoms with van der Waals surface area (Å²) in [6.07, 6.45) is 93.4. The number of esters is 1. The molecule has 0 fully saturated rings. The number of aliphatic hydroxyl groups excluding tert-OH is 2. The second-order valence-electron chi connectivity index (χ2n) is 25.3.